The van der Waals surface area contributed by atoms with Gasteiger partial charge in [-0.3, -0.25) is 9.59 Å². The van der Waals surface area contributed by atoms with Crippen LogP contribution in [0.4, 0.5) is 0 Å². The fourth-order valence-corrected chi connectivity index (χ4v) is 3.46. The number of nitrogens with one attached hydrogen (secondary N) is 1. The Bertz CT molecular complexity index is 810. The van der Waals surface area contributed by atoms with Crippen molar-refractivity contribution in [3.63, 3.8) is 0 Å². The van der Waals surface area contributed by atoms with E-state index in [1.54, 1.807) is 18.4 Å². The van der Waals surface area contributed by atoms with E-state index in [2.05, 4.69) is 10.3 Å². The molecule has 0 fully saturated rings. The van der Waals surface area contributed by atoms with Crippen LogP contribution in [0.15, 0.2) is 45.8 Å². The van der Waals surface area contributed by atoms with Gasteiger partial charge in [-0.2, -0.15) is 0 Å². The van der Waals surface area contributed by atoms with Gasteiger partial charge in [-0.1, -0.05) is 12.1 Å². The number of aromatic nitrogens is 1. The molecule has 0 aliphatic rings. The highest BCUT2D eigenvalue weighted by Gasteiger charge is 2.23. The van der Waals surface area contributed by atoms with E-state index in [1.165, 1.54) is 22.6 Å². The first-order valence-electron chi connectivity index (χ1n) is 7.17. The van der Waals surface area contributed by atoms with Gasteiger partial charge in [0.05, 0.1) is 18.0 Å². The standard InChI is InChI=1S/C16H15N3O3S2/c1-19(9-13(20)17-8-11-4-2-6-23-11)16(21)14-15(22-10-18-14)12-5-3-7-24-12/h2-7,10H,8-9H2,1H3,(H,17,20). The summed E-state index contributed by atoms with van der Waals surface area (Å²) in [7, 11) is 1.57. The second kappa shape index (κ2) is 7.41. The number of hydrogen-bond donors (Lipinski definition) is 1. The van der Waals surface area contributed by atoms with Crippen molar-refractivity contribution in [3.8, 4) is 10.6 Å². The summed E-state index contributed by atoms with van der Waals surface area (Å²) in [5, 5.41) is 6.64. The predicted molar refractivity (Wildman–Crippen MR) is 92.9 cm³/mol. The molecule has 3 rings (SSSR count). The molecule has 3 heterocycles. The molecule has 3 aromatic heterocycles. The van der Waals surface area contributed by atoms with Crippen molar-refractivity contribution in [1.82, 2.24) is 15.2 Å². The molecule has 0 radical (unpaired) electrons. The molecule has 2 amide bonds. The highest BCUT2D eigenvalue weighted by Crippen LogP contribution is 2.28. The van der Waals surface area contributed by atoms with Crippen LogP contribution in [0.25, 0.3) is 10.6 Å². The van der Waals surface area contributed by atoms with Gasteiger partial charge in [-0.05, 0) is 22.9 Å². The number of likely N-dealkylation sites (N-methyl/N-ethyl adjacent to an activating group) is 1. The lowest BCUT2D eigenvalue weighted by Crippen LogP contribution is -2.38. The van der Waals surface area contributed by atoms with Gasteiger partial charge in [0, 0.05) is 11.9 Å². The number of carbonyl (C=O) groups is 2. The topological polar surface area (TPSA) is 75.4 Å². The lowest BCUT2D eigenvalue weighted by atomic mass is 10.2. The van der Waals surface area contributed by atoms with E-state index in [1.807, 2.05) is 35.0 Å². The van der Waals surface area contributed by atoms with Gasteiger partial charge in [0.1, 0.15) is 0 Å². The molecular formula is C16H15N3O3S2. The molecular weight excluding hydrogens is 346 g/mol. The number of rotatable bonds is 6. The molecule has 0 spiro atoms. The molecule has 124 valence electrons. The predicted octanol–water partition coefficient (Wildman–Crippen LogP) is 2.85. The van der Waals surface area contributed by atoms with Crippen LogP contribution < -0.4 is 5.32 Å². The highest BCUT2D eigenvalue weighted by molar-refractivity contribution is 7.13. The number of hydrogen-bond acceptors (Lipinski definition) is 6. The third kappa shape index (κ3) is 3.72. The Hall–Kier alpha value is -2.45. The van der Waals surface area contributed by atoms with Gasteiger partial charge in [-0.25, -0.2) is 4.98 Å². The van der Waals surface area contributed by atoms with Gasteiger partial charge >= 0.3 is 0 Å². The largest absolute Gasteiger partial charge is 0.442 e. The SMILES string of the molecule is CN(CC(=O)NCc1cccs1)C(=O)c1ncoc1-c1cccs1. The molecule has 1 N–H and O–H groups in total. The van der Waals surface area contributed by atoms with Crippen molar-refractivity contribution in [3.05, 3.63) is 52.0 Å². The van der Waals surface area contributed by atoms with E-state index in [-0.39, 0.29) is 24.1 Å². The maximum atomic E-state index is 12.5. The van der Waals surface area contributed by atoms with Crippen LogP contribution in [0.5, 0.6) is 0 Å². The van der Waals surface area contributed by atoms with Gasteiger partial charge in [-0.15, -0.1) is 22.7 Å². The fraction of sp³-hybridized carbons (Fsp3) is 0.188. The molecule has 0 atom stereocenters. The summed E-state index contributed by atoms with van der Waals surface area (Å²) in [4.78, 5) is 31.7. The first-order chi connectivity index (χ1) is 11.6. The Kier molecular flexibility index (Phi) is 5.07. The average molecular weight is 361 g/mol. The highest BCUT2D eigenvalue weighted by atomic mass is 32.1. The Balaban J connectivity index is 1.61. The number of carbonyl (C=O) groups excluding carboxylic acids is 2. The number of nitrogens with zero attached hydrogens (tertiary/aromatic N) is 2. The Morgan fingerprint density at radius 2 is 2.04 bits per heavy atom. The van der Waals surface area contributed by atoms with E-state index in [9.17, 15) is 9.59 Å². The lowest BCUT2D eigenvalue weighted by Gasteiger charge is -2.15. The van der Waals surface area contributed by atoms with E-state index in [4.69, 9.17) is 4.42 Å². The van der Waals surface area contributed by atoms with E-state index in [0.29, 0.717) is 12.3 Å². The van der Waals surface area contributed by atoms with Crippen LogP contribution in [-0.4, -0.2) is 35.3 Å². The van der Waals surface area contributed by atoms with Crippen molar-refractivity contribution in [2.45, 2.75) is 6.54 Å². The first kappa shape index (κ1) is 16.4. The second-order valence-electron chi connectivity index (χ2n) is 5.02. The quantitative estimate of drug-likeness (QED) is 0.732. The first-order valence-corrected chi connectivity index (χ1v) is 8.93. The number of amides is 2. The van der Waals surface area contributed by atoms with Gasteiger partial charge in [0.15, 0.2) is 17.8 Å². The molecule has 3 aromatic rings. The van der Waals surface area contributed by atoms with Gasteiger partial charge < -0.3 is 14.6 Å². The third-order valence-electron chi connectivity index (χ3n) is 3.28. The van der Waals surface area contributed by atoms with E-state index >= 15 is 0 Å². The second-order valence-corrected chi connectivity index (χ2v) is 7.00. The molecule has 24 heavy (non-hydrogen) atoms. The molecule has 0 aliphatic heterocycles. The van der Waals surface area contributed by atoms with Crippen molar-refractivity contribution < 1.29 is 14.0 Å². The summed E-state index contributed by atoms with van der Waals surface area (Å²) in [6, 6.07) is 7.61. The molecule has 0 bridgehead atoms. The van der Waals surface area contributed by atoms with Crippen LogP contribution in [0.1, 0.15) is 15.4 Å². The molecule has 0 saturated heterocycles. The van der Waals surface area contributed by atoms with Crippen LogP contribution >= 0.6 is 22.7 Å². The molecule has 0 saturated carbocycles. The van der Waals surface area contributed by atoms with E-state index < -0.39 is 0 Å². The summed E-state index contributed by atoms with van der Waals surface area (Å²) in [6.45, 7) is 0.421. The molecule has 8 heteroatoms. The zero-order chi connectivity index (χ0) is 16.9. The maximum Gasteiger partial charge on any atom is 0.276 e. The summed E-state index contributed by atoms with van der Waals surface area (Å²) >= 11 is 3.03. The lowest BCUT2D eigenvalue weighted by molar-refractivity contribution is -0.121. The zero-order valence-electron chi connectivity index (χ0n) is 12.9. The monoisotopic (exact) mass is 361 g/mol. The molecule has 6 nitrogen and oxygen atoms in total. The minimum absolute atomic E-state index is 0.0407. The van der Waals surface area contributed by atoms with Crippen molar-refractivity contribution in [2.75, 3.05) is 13.6 Å². The van der Waals surface area contributed by atoms with Crippen LogP contribution in [0.3, 0.4) is 0 Å². The minimum Gasteiger partial charge on any atom is -0.442 e. The van der Waals surface area contributed by atoms with Crippen LogP contribution in [0.2, 0.25) is 0 Å². The maximum absolute atomic E-state index is 12.5. The number of thiophene rings is 2. The Morgan fingerprint density at radius 3 is 2.75 bits per heavy atom. The van der Waals surface area contributed by atoms with Crippen molar-refractivity contribution in [2.24, 2.45) is 0 Å². The number of oxazole rings is 1. The van der Waals surface area contributed by atoms with Gasteiger partial charge in [0.2, 0.25) is 5.91 Å². The molecule has 0 aliphatic carbocycles. The normalized spacial score (nSPS) is 10.5. The smallest absolute Gasteiger partial charge is 0.276 e. The molecule has 0 unspecified atom stereocenters. The average Bonchev–Trinajstić information content (AvgIpc) is 3.33. The Morgan fingerprint density at radius 1 is 1.25 bits per heavy atom. The Labute approximate surface area is 146 Å². The summed E-state index contributed by atoms with van der Waals surface area (Å²) in [5.41, 5.74) is 0.214. The van der Waals surface area contributed by atoms with Crippen LogP contribution in [0, 0.1) is 0 Å². The van der Waals surface area contributed by atoms with Crippen molar-refractivity contribution in [1.29, 1.82) is 0 Å². The third-order valence-corrected chi connectivity index (χ3v) is 5.03. The minimum atomic E-state index is -0.349. The van der Waals surface area contributed by atoms with Gasteiger partial charge in [0.25, 0.3) is 5.91 Å². The summed E-state index contributed by atoms with van der Waals surface area (Å²) in [5.74, 6) is -0.139. The summed E-state index contributed by atoms with van der Waals surface area (Å²) in [6.07, 6.45) is 1.24. The van der Waals surface area contributed by atoms with Crippen LogP contribution in [-0.2, 0) is 11.3 Å². The summed E-state index contributed by atoms with van der Waals surface area (Å²) < 4.78 is 5.33. The van der Waals surface area contributed by atoms with E-state index in [0.717, 1.165) is 9.75 Å². The fourth-order valence-electron chi connectivity index (χ4n) is 2.10. The van der Waals surface area contributed by atoms with Crippen molar-refractivity contribution >= 4 is 34.5 Å². The zero-order valence-corrected chi connectivity index (χ0v) is 14.5. The molecule has 0 aromatic carbocycles.